The van der Waals surface area contributed by atoms with Crippen LogP contribution in [0.3, 0.4) is 0 Å². The van der Waals surface area contributed by atoms with Gasteiger partial charge < -0.3 is 15.0 Å². The van der Waals surface area contributed by atoms with E-state index in [1.807, 2.05) is 37.9 Å². The smallest absolute Gasteiger partial charge is 0.278 e. The molecule has 0 saturated heterocycles. The van der Waals surface area contributed by atoms with Gasteiger partial charge >= 0.3 is 0 Å². The number of unbranched alkanes of at least 4 members (excludes halogenated alkanes) is 1. The minimum absolute atomic E-state index is 0.0218. The van der Waals surface area contributed by atoms with E-state index >= 15 is 0 Å². The fourth-order valence-corrected chi connectivity index (χ4v) is 4.38. The third kappa shape index (κ3) is 5.07. The van der Waals surface area contributed by atoms with Gasteiger partial charge in [-0.15, -0.1) is 0 Å². The molecular weight excluding hydrogens is 489 g/mol. The van der Waals surface area contributed by atoms with E-state index in [2.05, 4.69) is 5.32 Å². The number of ether oxygens (including phenoxy) is 1. The number of fused-ring (bicyclic) bond motifs is 4. The number of rotatable bonds is 7. The Morgan fingerprint density at radius 3 is 2.54 bits per heavy atom. The van der Waals surface area contributed by atoms with Gasteiger partial charge in [0.15, 0.2) is 11.4 Å². The molecule has 1 aromatic carbocycles. The summed E-state index contributed by atoms with van der Waals surface area (Å²) >= 11 is 0. The molecule has 0 radical (unpaired) electrons. The van der Waals surface area contributed by atoms with E-state index in [1.165, 1.54) is 10.9 Å². The van der Waals surface area contributed by atoms with Gasteiger partial charge in [0, 0.05) is 42.5 Å². The lowest BCUT2D eigenvalue weighted by Gasteiger charge is -2.45. The topological polar surface area (TPSA) is 83.9 Å². The standard InChI is InChI=1S/C26H29F3N4O4/c1-4-5-9-37-24-22-26(36)31-14-33(16(3)8-6-7-15(31)2)32(22)13-19(23(24)34)25(35)30-12-18-20(28)10-17(27)11-21(18)29/h6-7,10-11,13,15-16H,4-5,8-9,12,14H2,1-3H3,(H,30,35)/b7-6-/t15-,16+/m0/s1. The minimum Gasteiger partial charge on any atom is -0.487 e. The number of benzene rings is 1. The molecule has 0 unspecified atom stereocenters. The summed E-state index contributed by atoms with van der Waals surface area (Å²) in [6.07, 6.45) is 7.24. The molecule has 2 aliphatic rings. The molecule has 1 N–H and O–H groups in total. The van der Waals surface area contributed by atoms with Crippen LogP contribution in [0.5, 0.6) is 5.75 Å². The third-order valence-electron chi connectivity index (χ3n) is 6.60. The lowest BCUT2D eigenvalue weighted by atomic mass is 10.1. The van der Waals surface area contributed by atoms with Crippen LogP contribution in [-0.4, -0.2) is 46.7 Å². The minimum atomic E-state index is -1.16. The average Bonchev–Trinajstić information content (AvgIpc) is 2.83. The van der Waals surface area contributed by atoms with E-state index in [0.29, 0.717) is 25.0 Å². The molecule has 0 saturated carbocycles. The van der Waals surface area contributed by atoms with Crippen molar-refractivity contribution < 1.29 is 27.5 Å². The van der Waals surface area contributed by atoms with E-state index in [0.717, 1.165) is 6.42 Å². The summed E-state index contributed by atoms with van der Waals surface area (Å²) in [4.78, 5) is 41.7. The first-order valence-electron chi connectivity index (χ1n) is 12.2. The summed E-state index contributed by atoms with van der Waals surface area (Å²) in [7, 11) is 0. The number of hydrogen-bond acceptors (Lipinski definition) is 5. The first-order valence-corrected chi connectivity index (χ1v) is 12.2. The van der Waals surface area contributed by atoms with Crippen LogP contribution in [0, 0.1) is 17.5 Å². The Hall–Kier alpha value is -3.76. The van der Waals surface area contributed by atoms with Crippen molar-refractivity contribution in [2.45, 2.75) is 58.7 Å². The number of carbonyl (C=O) groups excluding carboxylic acids is 2. The van der Waals surface area contributed by atoms with Crippen molar-refractivity contribution in [3.63, 3.8) is 0 Å². The van der Waals surface area contributed by atoms with Crippen LogP contribution in [-0.2, 0) is 6.54 Å². The number of pyridine rings is 1. The number of halogens is 3. The molecule has 198 valence electrons. The average molecular weight is 519 g/mol. The predicted molar refractivity (Wildman–Crippen MR) is 131 cm³/mol. The van der Waals surface area contributed by atoms with E-state index in [-0.39, 0.29) is 42.4 Å². The second-order valence-electron chi connectivity index (χ2n) is 9.24. The molecule has 3 heterocycles. The SMILES string of the molecule is CCCCOc1c2n(cc(C(=O)NCc3c(F)cc(F)cc3F)c1=O)N1CN(C2=O)[C@@H](C)/C=C\C[C@H]1C. The van der Waals surface area contributed by atoms with Crippen molar-refractivity contribution in [2.24, 2.45) is 0 Å². The Balaban J connectivity index is 1.77. The van der Waals surface area contributed by atoms with Gasteiger partial charge in [-0.05, 0) is 26.7 Å². The maximum absolute atomic E-state index is 14.1. The first-order chi connectivity index (χ1) is 17.6. The second kappa shape index (κ2) is 10.7. The predicted octanol–water partition coefficient (Wildman–Crippen LogP) is 3.46. The number of amides is 2. The Labute approximate surface area is 212 Å². The van der Waals surface area contributed by atoms with Crippen molar-refractivity contribution in [3.8, 4) is 5.75 Å². The number of nitrogens with one attached hydrogen (secondary N) is 1. The van der Waals surface area contributed by atoms with Crippen molar-refractivity contribution in [2.75, 3.05) is 18.3 Å². The van der Waals surface area contributed by atoms with Crippen LogP contribution >= 0.6 is 0 Å². The van der Waals surface area contributed by atoms with Crippen LogP contribution in [0.1, 0.15) is 66.4 Å². The lowest BCUT2D eigenvalue weighted by Crippen LogP contribution is -2.60. The van der Waals surface area contributed by atoms with E-state index in [9.17, 15) is 27.6 Å². The molecule has 4 rings (SSSR count). The summed E-state index contributed by atoms with van der Waals surface area (Å²) in [6, 6.07) is 0.697. The molecule has 37 heavy (non-hydrogen) atoms. The summed E-state index contributed by atoms with van der Waals surface area (Å²) in [5.74, 6) is -4.97. The van der Waals surface area contributed by atoms with E-state index in [1.54, 1.807) is 4.90 Å². The van der Waals surface area contributed by atoms with E-state index in [4.69, 9.17) is 4.74 Å². The van der Waals surface area contributed by atoms with Gasteiger partial charge in [-0.2, -0.15) is 0 Å². The van der Waals surface area contributed by atoms with Crippen LogP contribution < -0.4 is 20.5 Å². The Bertz CT molecular complexity index is 1290. The van der Waals surface area contributed by atoms with E-state index < -0.39 is 46.8 Å². The molecular formula is C26H29F3N4O4. The fraction of sp³-hybridized carbons (Fsp3) is 0.423. The molecule has 11 heteroatoms. The van der Waals surface area contributed by atoms with Crippen LogP contribution in [0.4, 0.5) is 13.2 Å². The molecule has 0 fully saturated rings. The highest BCUT2D eigenvalue weighted by molar-refractivity contribution is 5.99. The molecule has 0 spiro atoms. The van der Waals surface area contributed by atoms with Gasteiger partial charge in [0.25, 0.3) is 11.8 Å². The van der Waals surface area contributed by atoms with Gasteiger partial charge in [0.05, 0.1) is 6.61 Å². The molecule has 2 aliphatic heterocycles. The van der Waals surface area contributed by atoms with Crippen LogP contribution in [0.15, 0.2) is 35.3 Å². The molecule has 2 aromatic rings. The summed E-state index contributed by atoms with van der Waals surface area (Å²) in [5.41, 5.74) is -1.68. The van der Waals surface area contributed by atoms with Gasteiger partial charge in [0.1, 0.15) is 29.7 Å². The second-order valence-corrected chi connectivity index (χ2v) is 9.24. The normalized spacial score (nSPS) is 19.7. The Morgan fingerprint density at radius 1 is 1.16 bits per heavy atom. The van der Waals surface area contributed by atoms with Gasteiger partial charge in [-0.1, -0.05) is 25.5 Å². The molecule has 0 aliphatic carbocycles. The lowest BCUT2D eigenvalue weighted by molar-refractivity contribution is 0.0632. The summed E-state index contributed by atoms with van der Waals surface area (Å²) in [5, 5.41) is 4.19. The fourth-order valence-electron chi connectivity index (χ4n) is 4.38. The van der Waals surface area contributed by atoms with Gasteiger partial charge in [-0.25, -0.2) is 13.2 Å². The van der Waals surface area contributed by atoms with Crippen molar-refractivity contribution in [3.05, 3.63) is 75.0 Å². The molecule has 2 bridgehead atoms. The Morgan fingerprint density at radius 2 is 1.86 bits per heavy atom. The zero-order valence-electron chi connectivity index (χ0n) is 20.9. The van der Waals surface area contributed by atoms with Crippen molar-refractivity contribution in [1.82, 2.24) is 14.9 Å². The Kier molecular flexibility index (Phi) is 7.60. The monoisotopic (exact) mass is 518 g/mol. The maximum Gasteiger partial charge on any atom is 0.278 e. The quantitative estimate of drug-likeness (QED) is 0.449. The summed E-state index contributed by atoms with van der Waals surface area (Å²) in [6.45, 7) is 5.55. The highest BCUT2D eigenvalue weighted by Crippen LogP contribution is 2.27. The maximum atomic E-state index is 14.1. The van der Waals surface area contributed by atoms with Crippen molar-refractivity contribution in [1.29, 1.82) is 0 Å². The third-order valence-corrected chi connectivity index (χ3v) is 6.60. The zero-order valence-corrected chi connectivity index (χ0v) is 20.9. The van der Waals surface area contributed by atoms with Crippen LogP contribution in [0.2, 0.25) is 0 Å². The largest absolute Gasteiger partial charge is 0.487 e. The first kappa shape index (κ1) is 26.3. The molecule has 8 nitrogen and oxygen atoms in total. The molecule has 1 aromatic heterocycles. The van der Waals surface area contributed by atoms with Gasteiger partial charge in [-0.3, -0.25) is 24.1 Å². The zero-order chi connectivity index (χ0) is 26.9. The van der Waals surface area contributed by atoms with Crippen LogP contribution in [0.25, 0.3) is 0 Å². The van der Waals surface area contributed by atoms with Crippen molar-refractivity contribution >= 4 is 11.8 Å². The number of aromatic nitrogens is 1. The number of carbonyl (C=O) groups is 2. The van der Waals surface area contributed by atoms with Gasteiger partial charge in [0.2, 0.25) is 5.43 Å². The number of hydrogen-bond donors (Lipinski definition) is 1. The highest BCUT2D eigenvalue weighted by atomic mass is 19.1. The molecule has 2 atom stereocenters. The molecule has 2 amide bonds. The summed E-state index contributed by atoms with van der Waals surface area (Å²) < 4.78 is 48.6. The number of nitrogens with zero attached hydrogens (tertiary/aromatic N) is 3. The highest BCUT2D eigenvalue weighted by Gasteiger charge is 2.38.